The fourth-order valence-corrected chi connectivity index (χ4v) is 9.73. The molecule has 0 heterocycles. The molecule has 26 heteroatoms. The van der Waals surface area contributed by atoms with Crippen LogP contribution in [0.5, 0.6) is 0 Å². The number of benzene rings is 6. The molecule has 0 spiro atoms. The Kier molecular flexibility index (Phi) is 34.2. The van der Waals surface area contributed by atoms with Crippen molar-refractivity contribution in [2.45, 2.75) is 144 Å². The highest BCUT2D eigenvalue weighted by Gasteiger charge is 2.31. The molecule has 0 aromatic heterocycles. The van der Waals surface area contributed by atoms with Gasteiger partial charge in [-0.15, -0.1) is 0 Å². The second kappa shape index (κ2) is 43.1. The van der Waals surface area contributed by atoms with E-state index in [1.54, 1.807) is 140 Å². The summed E-state index contributed by atoms with van der Waals surface area (Å²) in [6, 6.07) is 45.8. The standard InChI is InChI=1S/C72H81Cl3N6O17/c73-72(74,75)49-98-69(89)38-59(48-93-42-51-21-9-2-10-22-51)80-63(83)36-57(32-34-68(88)95-44-53-25-13-4-14-26-53)78-66(86)40-61(71(91)97-46-55-29-17-6-18-30-55)81-64(84)37-58(47-92-41-50-19-7-1-8-20-50)79-62(82)35-56(31-33-67(87)94-43-52-23-11-3-12-24-52)77-65(85)39-60(76)70(90)96-45-54-27-15-5-16-28-54/h1-30,56-61H,31-49,76H2,(H,77,85)(H,78,86)(H,79,82)(H,80,83)(H,81,84)/t56-,57-,58+,59+,60-,61-/m0/s1. The first-order valence-electron chi connectivity index (χ1n) is 31.7. The number of amides is 5. The Morgan fingerprint density at radius 3 is 1.03 bits per heavy atom. The van der Waals surface area contributed by atoms with Gasteiger partial charge in [0.15, 0.2) is 0 Å². The number of carbonyl (C=O) groups is 10. The van der Waals surface area contributed by atoms with E-state index >= 15 is 0 Å². The zero-order valence-electron chi connectivity index (χ0n) is 53.9. The largest absolute Gasteiger partial charge is 0.461 e. The summed E-state index contributed by atoms with van der Waals surface area (Å²) in [6.45, 7) is -1.37. The van der Waals surface area contributed by atoms with E-state index in [1.807, 2.05) is 42.5 Å². The lowest BCUT2D eigenvalue weighted by molar-refractivity contribution is -0.150. The Balaban J connectivity index is 1.18. The van der Waals surface area contributed by atoms with Crippen LogP contribution in [0.2, 0.25) is 0 Å². The summed E-state index contributed by atoms with van der Waals surface area (Å²) in [7, 11) is 0. The molecule has 0 saturated carbocycles. The SMILES string of the molecule is N[C@@H](CC(=O)N[C@@H](CCC(=O)OCc1ccccc1)CC(=O)N[C@@H](COCc1ccccc1)CC(=O)N[C@@H](CC(=O)N[C@@H](CCC(=O)OCc1ccccc1)CC(=O)N[C@@H](COCc1ccccc1)CC(=O)OCC(Cl)(Cl)Cl)C(=O)OCc1ccccc1)C(=O)OCc1ccccc1. The number of ether oxygens (including phenoxy) is 7. The highest BCUT2D eigenvalue weighted by Crippen LogP contribution is 2.26. The maximum absolute atomic E-state index is 14.4. The van der Waals surface area contributed by atoms with E-state index < -0.39 is 145 Å². The van der Waals surface area contributed by atoms with Crippen LogP contribution in [0.1, 0.15) is 97.6 Å². The quantitative estimate of drug-likeness (QED) is 0.0120. The maximum atomic E-state index is 14.4. The van der Waals surface area contributed by atoms with Gasteiger partial charge in [0.05, 0.1) is 57.8 Å². The van der Waals surface area contributed by atoms with E-state index in [0.717, 1.165) is 16.7 Å². The molecule has 0 fully saturated rings. The second-order valence-electron chi connectivity index (χ2n) is 22.8. The van der Waals surface area contributed by atoms with Gasteiger partial charge >= 0.3 is 29.8 Å². The smallest absolute Gasteiger partial charge is 0.329 e. The number of alkyl halides is 3. The van der Waals surface area contributed by atoms with Crippen LogP contribution < -0.4 is 32.3 Å². The van der Waals surface area contributed by atoms with Crippen molar-refractivity contribution in [1.29, 1.82) is 0 Å². The molecule has 23 nitrogen and oxygen atoms in total. The molecule has 6 atom stereocenters. The first kappa shape index (κ1) is 77.8. The van der Waals surface area contributed by atoms with Crippen molar-refractivity contribution in [2.75, 3.05) is 19.8 Å². The van der Waals surface area contributed by atoms with E-state index in [0.29, 0.717) is 16.7 Å². The lowest BCUT2D eigenvalue weighted by Gasteiger charge is -2.24. The number of rotatable bonds is 42. The van der Waals surface area contributed by atoms with Crippen molar-refractivity contribution in [3.05, 3.63) is 215 Å². The van der Waals surface area contributed by atoms with Crippen LogP contribution in [0.3, 0.4) is 0 Å². The highest BCUT2D eigenvalue weighted by atomic mass is 35.6. The number of hydrogen-bond donors (Lipinski definition) is 6. The monoisotopic (exact) mass is 1410 g/mol. The minimum absolute atomic E-state index is 0.0352. The summed E-state index contributed by atoms with van der Waals surface area (Å²) in [6.07, 6.45) is -4.10. The molecule has 6 rings (SSSR count). The summed E-state index contributed by atoms with van der Waals surface area (Å²) in [5.41, 5.74) is 10.4. The zero-order chi connectivity index (χ0) is 70.3. The molecule has 0 radical (unpaired) electrons. The van der Waals surface area contributed by atoms with Gasteiger partial charge in [0.25, 0.3) is 0 Å². The molecule has 6 aromatic rings. The van der Waals surface area contributed by atoms with Gasteiger partial charge in [-0.3, -0.25) is 43.2 Å². The number of hydrogen-bond acceptors (Lipinski definition) is 18. The van der Waals surface area contributed by atoms with Crippen LogP contribution in [0.25, 0.3) is 0 Å². The number of nitrogens with two attached hydrogens (primary N) is 1. The van der Waals surface area contributed by atoms with Crippen LogP contribution in [-0.4, -0.2) is 119 Å². The summed E-state index contributed by atoms with van der Waals surface area (Å²) < 4.78 is 37.1. The predicted molar refractivity (Wildman–Crippen MR) is 362 cm³/mol. The third-order valence-electron chi connectivity index (χ3n) is 14.5. The van der Waals surface area contributed by atoms with Crippen molar-refractivity contribution in [1.82, 2.24) is 26.6 Å². The lowest BCUT2D eigenvalue weighted by Crippen LogP contribution is -2.50. The average molecular weight is 1410 g/mol. The Bertz CT molecular complexity index is 3460. The molecule has 0 saturated heterocycles. The Hall–Kier alpha value is -9.23. The van der Waals surface area contributed by atoms with Crippen LogP contribution in [0.4, 0.5) is 0 Å². The average Bonchev–Trinajstić information content (AvgIpc) is 1.07. The number of carbonyl (C=O) groups excluding carboxylic acids is 10. The predicted octanol–water partition coefficient (Wildman–Crippen LogP) is 7.96. The minimum Gasteiger partial charge on any atom is -0.461 e. The van der Waals surface area contributed by atoms with Gasteiger partial charge in [-0.05, 0) is 46.2 Å². The van der Waals surface area contributed by atoms with Crippen molar-refractivity contribution in [2.24, 2.45) is 5.73 Å². The molecule has 6 aromatic carbocycles. The van der Waals surface area contributed by atoms with E-state index in [2.05, 4.69) is 26.6 Å². The van der Waals surface area contributed by atoms with Gasteiger partial charge < -0.3 is 65.5 Å². The molecule has 522 valence electrons. The Morgan fingerprint density at radius 1 is 0.337 bits per heavy atom. The van der Waals surface area contributed by atoms with Crippen molar-refractivity contribution in [3.8, 4) is 0 Å². The molecular weight excluding hydrogens is 1330 g/mol. The highest BCUT2D eigenvalue weighted by molar-refractivity contribution is 6.67. The third-order valence-corrected chi connectivity index (χ3v) is 14.8. The second-order valence-corrected chi connectivity index (χ2v) is 25.4. The number of nitrogens with one attached hydrogen (secondary N) is 5. The zero-order valence-corrected chi connectivity index (χ0v) is 56.1. The topological polar surface area (TPSA) is 321 Å². The van der Waals surface area contributed by atoms with E-state index in [4.69, 9.17) is 73.7 Å². The first-order chi connectivity index (χ1) is 47.2. The van der Waals surface area contributed by atoms with Gasteiger partial charge in [-0.25, -0.2) is 4.79 Å². The van der Waals surface area contributed by atoms with E-state index in [9.17, 15) is 47.9 Å². The van der Waals surface area contributed by atoms with Crippen LogP contribution >= 0.6 is 34.8 Å². The van der Waals surface area contributed by atoms with E-state index in [1.165, 1.54) is 0 Å². The van der Waals surface area contributed by atoms with Gasteiger partial charge in [-0.1, -0.05) is 217 Å². The Labute approximate surface area is 583 Å². The molecule has 98 heavy (non-hydrogen) atoms. The summed E-state index contributed by atoms with van der Waals surface area (Å²) >= 11 is 17.5. The summed E-state index contributed by atoms with van der Waals surface area (Å²) in [5, 5.41) is 13.5. The minimum atomic E-state index is -1.93. The molecule has 0 aliphatic rings. The van der Waals surface area contributed by atoms with Crippen LogP contribution in [0.15, 0.2) is 182 Å². The summed E-state index contributed by atoms with van der Waals surface area (Å²) in [5.74, 6) is -7.93. The lowest BCUT2D eigenvalue weighted by atomic mass is 10.0. The van der Waals surface area contributed by atoms with Gasteiger partial charge in [0.2, 0.25) is 33.3 Å². The molecule has 0 unspecified atom stereocenters. The van der Waals surface area contributed by atoms with E-state index in [-0.39, 0.29) is 78.5 Å². The molecule has 0 aliphatic heterocycles. The van der Waals surface area contributed by atoms with Crippen molar-refractivity contribution >= 4 is 94.2 Å². The van der Waals surface area contributed by atoms with Gasteiger partial charge in [0.1, 0.15) is 45.1 Å². The molecule has 5 amide bonds. The normalized spacial score (nSPS) is 12.9. The van der Waals surface area contributed by atoms with Gasteiger partial charge in [0, 0.05) is 44.2 Å². The van der Waals surface area contributed by atoms with Crippen molar-refractivity contribution < 1.29 is 81.1 Å². The molecule has 0 bridgehead atoms. The van der Waals surface area contributed by atoms with Crippen LogP contribution in [0, 0.1) is 0 Å². The fourth-order valence-electron chi connectivity index (χ4n) is 9.57. The Morgan fingerprint density at radius 2 is 0.643 bits per heavy atom. The number of esters is 5. The molecule has 0 aliphatic carbocycles. The van der Waals surface area contributed by atoms with Crippen LogP contribution in [-0.2, 0) is 121 Å². The molecule has 7 N–H and O–H groups in total. The van der Waals surface area contributed by atoms with Crippen molar-refractivity contribution in [3.63, 3.8) is 0 Å². The van der Waals surface area contributed by atoms with Gasteiger partial charge in [-0.2, -0.15) is 0 Å². The first-order valence-corrected chi connectivity index (χ1v) is 32.8. The maximum Gasteiger partial charge on any atom is 0.329 e. The summed E-state index contributed by atoms with van der Waals surface area (Å²) in [4.78, 5) is 137. The molecular formula is C72H81Cl3N6O17. The third kappa shape index (κ3) is 33.1. The fraction of sp³-hybridized carbons (Fsp3) is 0.361. The number of halogens is 3.